The SMILES string of the molecule is BrC[C@@H]1C[n+]2c(SCc3ccccc3)nc3sc4c(c3c2O1)CCCC4. The molecule has 0 spiro atoms. The minimum absolute atomic E-state index is 0.192. The number of thiophene rings is 1. The Balaban J connectivity index is 1.58. The van der Waals surface area contributed by atoms with Gasteiger partial charge in [0.15, 0.2) is 0 Å². The number of hydrogen-bond acceptors (Lipinski definition) is 4. The molecule has 0 unspecified atom stereocenters. The molecule has 5 rings (SSSR count). The highest BCUT2D eigenvalue weighted by atomic mass is 79.9. The van der Waals surface area contributed by atoms with E-state index in [0.29, 0.717) is 0 Å². The van der Waals surface area contributed by atoms with Gasteiger partial charge in [-0.15, -0.1) is 0 Å². The fourth-order valence-corrected chi connectivity index (χ4v) is 6.42. The number of hydrogen-bond donors (Lipinski definition) is 0. The molecule has 1 aromatic carbocycles. The molecule has 0 radical (unpaired) electrons. The van der Waals surface area contributed by atoms with Crippen LogP contribution in [0.5, 0.6) is 5.88 Å². The lowest BCUT2D eigenvalue weighted by atomic mass is 9.97. The number of alkyl halides is 1. The number of fused-ring (bicyclic) bond motifs is 5. The van der Waals surface area contributed by atoms with Gasteiger partial charge in [0.2, 0.25) is 4.83 Å². The molecule has 3 heterocycles. The van der Waals surface area contributed by atoms with Crippen molar-refractivity contribution in [1.82, 2.24) is 4.98 Å². The number of rotatable bonds is 4. The summed E-state index contributed by atoms with van der Waals surface area (Å²) in [6, 6.07) is 10.6. The van der Waals surface area contributed by atoms with Crippen LogP contribution in [0.4, 0.5) is 0 Å². The highest BCUT2D eigenvalue weighted by molar-refractivity contribution is 9.09. The Bertz CT molecular complexity index is 958. The third-order valence-electron chi connectivity index (χ3n) is 5.09. The first kappa shape index (κ1) is 17.0. The zero-order valence-electron chi connectivity index (χ0n) is 14.4. The van der Waals surface area contributed by atoms with Crippen molar-refractivity contribution in [2.75, 3.05) is 5.33 Å². The molecule has 0 amide bonds. The molecule has 134 valence electrons. The Kier molecular flexibility index (Phi) is 4.67. The average molecular weight is 448 g/mol. The topological polar surface area (TPSA) is 26.0 Å². The van der Waals surface area contributed by atoms with Crippen molar-refractivity contribution >= 4 is 49.2 Å². The molecular formula is C20H20BrN2OS2+. The van der Waals surface area contributed by atoms with E-state index in [1.165, 1.54) is 47.1 Å². The van der Waals surface area contributed by atoms with Crippen molar-refractivity contribution in [3.05, 3.63) is 46.3 Å². The van der Waals surface area contributed by atoms with Gasteiger partial charge in [-0.3, -0.25) is 0 Å². The molecule has 1 atom stereocenters. The van der Waals surface area contributed by atoms with E-state index in [-0.39, 0.29) is 6.10 Å². The number of benzene rings is 1. The molecule has 0 saturated heterocycles. The van der Waals surface area contributed by atoms with Gasteiger partial charge in [-0.05, 0) is 53.6 Å². The summed E-state index contributed by atoms with van der Waals surface area (Å²) in [5.74, 6) is 1.98. The van der Waals surface area contributed by atoms with Crippen molar-refractivity contribution < 1.29 is 9.30 Å². The zero-order chi connectivity index (χ0) is 17.5. The first-order valence-electron chi connectivity index (χ1n) is 9.11. The van der Waals surface area contributed by atoms with E-state index in [1.807, 2.05) is 23.1 Å². The van der Waals surface area contributed by atoms with Crippen molar-refractivity contribution in [3.63, 3.8) is 0 Å². The number of aryl methyl sites for hydroxylation is 2. The molecule has 3 aromatic rings. The van der Waals surface area contributed by atoms with Crippen molar-refractivity contribution in [2.24, 2.45) is 0 Å². The van der Waals surface area contributed by atoms with E-state index in [9.17, 15) is 0 Å². The van der Waals surface area contributed by atoms with Gasteiger partial charge in [0, 0.05) is 16.0 Å². The molecule has 2 aliphatic rings. The summed E-state index contributed by atoms with van der Waals surface area (Å²) in [4.78, 5) is 7.77. The smallest absolute Gasteiger partial charge is 0.364 e. The van der Waals surface area contributed by atoms with Crippen molar-refractivity contribution in [1.29, 1.82) is 0 Å². The van der Waals surface area contributed by atoms with Crippen molar-refractivity contribution in [2.45, 2.75) is 49.2 Å². The van der Waals surface area contributed by atoms with E-state index >= 15 is 0 Å². The number of ether oxygens (including phenoxy) is 1. The van der Waals surface area contributed by atoms with Crippen LogP contribution in [0.15, 0.2) is 35.5 Å². The lowest BCUT2D eigenvalue weighted by Gasteiger charge is -2.10. The molecule has 2 aromatic heterocycles. The van der Waals surface area contributed by atoms with Gasteiger partial charge >= 0.3 is 5.16 Å². The van der Waals surface area contributed by atoms with Crippen LogP contribution in [-0.4, -0.2) is 16.4 Å². The standard InChI is InChI=1S/C20H20BrN2OS2/c21-10-14-11-23-19(24-14)17-15-8-4-5-9-16(15)26-18(17)22-20(23)25-12-13-6-2-1-3-7-13/h1-3,6-7,14H,4-5,8-12H2/q+1/t14-/m1/s1. The van der Waals surface area contributed by atoms with Gasteiger partial charge in [0.1, 0.15) is 18.0 Å². The minimum Gasteiger partial charge on any atom is -0.453 e. The summed E-state index contributed by atoms with van der Waals surface area (Å²) in [6.07, 6.45) is 5.14. The largest absolute Gasteiger partial charge is 0.453 e. The first-order chi connectivity index (χ1) is 12.8. The van der Waals surface area contributed by atoms with E-state index in [0.717, 1.165) is 33.5 Å². The Morgan fingerprint density at radius 3 is 2.92 bits per heavy atom. The van der Waals surface area contributed by atoms with Crippen LogP contribution in [0.25, 0.3) is 10.2 Å². The molecule has 1 aliphatic carbocycles. The first-order valence-corrected chi connectivity index (χ1v) is 12.0. The summed E-state index contributed by atoms with van der Waals surface area (Å²) < 4.78 is 8.66. The molecule has 26 heavy (non-hydrogen) atoms. The highest BCUT2D eigenvalue weighted by Crippen LogP contribution is 2.41. The maximum atomic E-state index is 6.36. The van der Waals surface area contributed by atoms with Crippen LogP contribution in [0.1, 0.15) is 28.8 Å². The van der Waals surface area contributed by atoms with Gasteiger partial charge in [-0.2, -0.15) is 4.57 Å². The quantitative estimate of drug-likeness (QED) is 0.246. The van der Waals surface area contributed by atoms with Gasteiger partial charge in [-0.25, -0.2) is 0 Å². The molecule has 0 bridgehead atoms. The molecule has 3 nitrogen and oxygen atoms in total. The van der Waals surface area contributed by atoms with Crippen LogP contribution in [0.2, 0.25) is 0 Å². The molecule has 6 heteroatoms. The fourth-order valence-electron chi connectivity index (χ4n) is 3.81. The molecule has 0 saturated carbocycles. The second-order valence-electron chi connectivity index (χ2n) is 6.87. The lowest BCUT2D eigenvalue weighted by molar-refractivity contribution is -0.721. The Hall–Kier alpha value is -1.11. The van der Waals surface area contributed by atoms with Gasteiger partial charge in [0.25, 0.3) is 5.88 Å². The summed E-state index contributed by atoms with van der Waals surface area (Å²) in [7, 11) is 0. The summed E-state index contributed by atoms with van der Waals surface area (Å²) in [5.41, 5.74) is 2.83. The third kappa shape index (κ3) is 2.96. The monoisotopic (exact) mass is 447 g/mol. The molecule has 1 aliphatic heterocycles. The fraction of sp³-hybridized carbons (Fsp3) is 0.400. The van der Waals surface area contributed by atoms with Crippen LogP contribution in [0, 0.1) is 0 Å². The molecule has 0 N–H and O–H groups in total. The second-order valence-corrected chi connectivity index (χ2v) is 9.54. The van der Waals surface area contributed by atoms with Crippen molar-refractivity contribution in [3.8, 4) is 5.88 Å². The maximum absolute atomic E-state index is 6.36. The van der Waals surface area contributed by atoms with E-state index < -0.39 is 0 Å². The Morgan fingerprint density at radius 2 is 2.08 bits per heavy atom. The Labute approximate surface area is 169 Å². The van der Waals surface area contributed by atoms with Gasteiger partial charge in [-0.1, -0.05) is 57.6 Å². The van der Waals surface area contributed by atoms with Gasteiger partial charge in [0.05, 0.1) is 0 Å². The number of halogens is 1. The van der Waals surface area contributed by atoms with E-state index in [4.69, 9.17) is 9.72 Å². The minimum atomic E-state index is 0.192. The van der Waals surface area contributed by atoms with Crippen LogP contribution >= 0.6 is 39.0 Å². The molecular weight excluding hydrogens is 428 g/mol. The number of thioether (sulfide) groups is 1. The maximum Gasteiger partial charge on any atom is 0.364 e. The summed E-state index contributed by atoms with van der Waals surface area (Å²) >= 11 is 7.30. The predicted octanol–water partition coefficient (Wildman–Crippen LogP) is 4.91. The number of nitrogens with zero attached hydrogens (tertiary/aromatic N) is 2. The third-order valence-corrected chi connectivity index (χ3v) is 8.04. The van der Waals surface area contributed by atoms with Crippen LogP contribution in [-0.2, 0) is 25.1 Å². The highest BCUT2D eigenvalue weighted by Gasteiger charge is 2.37. The summed E-state index contributed by atoms with van der Waals surface area (Å²) in [6.45, 7) is 0.880. The van der Waals surface area contributed by atoms with Gasteiger partial charge < -0.3 is 4.74 Å². The Morgan fingerprint density at radius 1 is 1.23 bits per heavy atom. The number of aromatic nitrogens is 2. The van der Waals surface area contributed by atoms with Crippen LogP contribution < -0.4 is 9.30 Å². The zero-order valence-corrected chi connectivity index (χ0v) is 17.6. The van der Waals surface area contributed by atoms with Crippen LogP contribution in [0.3, 0.4) is 0 Å². The average Bonchev–Trinajstić information content (AvgIpc) is 3.27. The second kappa shape index (κ2) is 7.13. The normalized spacial score (nSPS) is 18.6. The van der Waals surface area contributed by atoms with E-state index in [2.05, 4.69) is 50.8 Å². The summed E-state index contributed by atoms with van der Waals surface area (Å²) in [5, 5.41) is 3.22. The predicted molar refractivity (Wildman–Crippen MR) is 111 cm³/mol. The molecule has 0 fully saturated rings. The van der Waals surface area contributed by atoms with E-state index in [1.54, 1.807) is 0 Å². The lowest BCUT2D eigenvalue weighted by Crippen LogP contribution is -2.36.